The fraction of sp³-hybridized carbons (Fsp3) is 0.900. The minimum atomic E-state index is 0.0185. The minimum absolute atomic E-state index is 0.0185. The third-order valence-electron chi connectivity index (χ3n) is 2.59. The van der Waals surface area contributed by atoms with Crippen LogP contribution >= 0.6 is 0 Å². The second kappa shape index (κ2) is 5.86. The second-order valence-electron chi connectivity index (χ2n) is 3.87. The molecule has 1 atom stereocenters. The Hall–Kier alpha value is -0.770. The van der Waals surface area contributed by atoms with Crippen molar-refractivity contribution in [3.8, 4) is 0 Å². The van der Waals surface area contributed by atoms with Crippen LogP contribution in [-0.2, 0) is 0 Å². The van der Waals surface area contributed by atoms with Gasteiger partial charge in [0.1, 0.15) is 0 Å². The fourth-order valence-corrected chi connectivity index (χ4v) is 1.74. The maximum Gasteiger partial charge on any atom is 0.317 e. The summed E-state index contributed by atoms with van der Waals surface area (Å²) in [6, 6.07) is 0.0185. The van der Waals surface area contributed by atoms with Gasteiger partial charge in [0.25, 0.3) is 0 Å². The van der Waals surface area contributed by atoms with Crippen LogP contribution in [0.25, 0.3) is 0 Å². The van der Waals surface area contributed by atoms with Crippen molar-refractivity contribution in [2.24, 2.45) is 5.92 Å². The number of carbonyl (C=O) groups excluding carboxylic acids is 1. The van der Waals surface area contributed by atoms with Gasteiger partial charge >= 0.3 is 6.03 Å². The molecule has 4 heteroatoms. The number of amides is 2. The lowest BCUT2D eigenvalue weighted by Gasteiger charge is -2.31. The number of urea groups is 1. The Morgan fingerprint density at radius 3 is 3.07 bits per heavy atom. The van der Waals surface area contributed by atoms with Crippen molar-refractivity contribution in [1.82, 2.24) is 10.2 Å². The van der Waals surface area contributed by atoms with E-state index in [1.54, 1.807) is 4.90 Å². The third kappa shape index (κ3) is 3.18. The van der Waals surface area contributed by atoms with E-state index in [4.69, 9.17) is 5.11 Å². The Bertz CT molecular complexity index is 185. The van der Waals surface area contributed by atoms with Gasteiger partial charge in [0.15, 0.2) is 0 Å². The predicted octanol–water partition coefficient (Wildman–Crippen LogP) is 0.810. The molecule has 0 aliphatic carbocycles. The molecule has 0 aromatic rings. The molecule has 1 aliphatic heterocycles. The highest BCUT2D eigenvalue weighted by Gasteiger charge is 2.22. The van der Waals surface area contributed by atoms with E-state index >= 15 is 0 Å². The van der Waals surface area contributed by atoms with Gasteiger partial charge in [-0.25, -0.2) is 4.79 Å². The standard InChI is InChI=1S/C10H20N2O2/c1-2-5-11-10(14)12-6-3-4-9(7-12)8-13/h9,13H,2-8H2,1H3,(H,11,14). The van der Waals surface area contributed by atoms with Gasteiger partial charge in [0.05, 0.1) is 0 Å². The minimum Gasteiger partial charge on any atom is -0.396 e. The van der Waals surface area contributed by atoms with Crippen LogP contribution in [0.5, 0.6) is 0 Å². The maximum absolute atomic E-state index is 11.6. The van der Waals surface area contributed by atoms with E-state index in [0.29, 0.717) is 6.54 Å². The molecule has 1 heterocycles. The molecule has 1 rings (SSSR count). The van der Waals surface area contributed by atoms with E-state index in [2.05, 4.69) is 5.32 Å². The number of carbonyl (C=O) groups is 1. The zero-order valence-electron chi connectivity index (χ0n) is 8.83. The highest BCUT2D eigenvalue weighted by molar-refractivity contribution is 5.74. The van der Waals surface area contributed by atoms with Crippen LogP contribution in [0, 0.1) is 5.92 Å². The van der Waals surface area contributed by atoms with Gasteiger partial charge in [-0.05, 0) is 25.2 Å². The fourth-order valence-electron chi connectivity index (χ4n) is 1.74. The van der Waals surface area contributed by atoms with Crippen LogP contribution in [0.4, 0.5) is 4.79 Å². The molecule has 4 nitrogen and oxygen atoms in total. The highest BCUT2D eigenvalue weighted by atomic mass is 16.3. The molecule has 0 aromatic heterocycles. The molecule has 1 saturated heterocycles. The summed E-state index contributed by atoms with van der Waals surface area (Å²) < 4.78 is 0. The summed E-state index contributed by atoms with van der Waals surface area (Å²) >= 11 is 0. The Kier molecular flexibility index (Phi) is 4.73. The molecule has 0 spiro atoms. The number of nitrogens with zero attached hydrogens (tertiary/aromatic N) is 1. The average Bonchev–Trinajstić information content (AvgIpc) is 2.26. The van der Waals surface area contributed by atoms with Crippen LogP contribution in [0.1, 0.15) is 26.2 Å². The average molecular weight is 200 g/mol. The predicted molar refractivity (Wildman–Crippen MR) is 55.1 cm³/mol. The molecule has 2 N–H and O–H groups in total. The molecule has 0 bridgehead atoms. The van der Waals surface area contributed by atoms with Crippen LogP contribution < -0.4 is 5.32 Å². The molecular weight excluding hydrogens is 180 g/mol. The van der Waals surface area contributed by atoms with Crippen molar-refractivity contribution < 1.29 is 9.90 Å². The lowest BCUT2D eigenvalue weighted by Crippen LogP contribution is -2.46. The first kappa shape index (κ1) is 11.3. The highest BCUT2D eigenvalue weighted by Crippen LogP contribution is 2.15. The van der Waals surface area contributed by atoms with E-state index < -0.39 is 0 Å². The smallest absolute Gasteiger partial charge is 0.317 e. The van der Waals surface area contributed by atoms with Crippen LogP contribution in [0.3, 0.4) is 0 Å². The van der Waals surface area contributed by atoms with E-state index in [1.807, 2.05) is 6.92 Å². The monoisotopic (exact) mass is 200 g/mol. The van der Waals surface area contributed by atoms with Crippen molar-refractivity contribution in [3.63, 3.8) is 0 Å². The van der Waals surface area contributed by atoms with Gasteiger partial charge in [0, 0.05) is 26.2 Å². The molecular formula is C10H20N2O2. The molecule has 1 fully saturated rings. The van der Waals surface area contributed by atoms with Crippen LogP contribution in [0.15, 0.2) is 0 Å². The molecule has 0 aromatic carbocycles. The number of hydrogen-bond acceptors (Lipinski definition) is 2. The van der Waals surface area contributed by atoms with Crippen molar-refractivity contribution in [3.05, 3.63) is 0 Å². The number of likely N-dealkylation sites (tertiary alicyclic amines) is 1. The molecule has 0 radical (unpaired) electrons. The van der Waals surface area contributed by atoms with Crippen molar-refractivity contribution in [2.45, 2.75) is 26.2 Å². The van der Waals surface area contributed by atoms with Crippen LogP contribution in [0.2, 0.25) is 0 Å². The summed E-state index contributed by atoms with van der Waals surface area (Å²) in [7, 11) is 0. The lowest BCUT2D eigenvalue weighted by molar-refractivity contribution is 0.129. The molecule has 82 valence electrons. The number of aliphatic hydroxyl groups is 1. The van der Waals surface area contributed by atoms with Crippen molar-refractivity contribution in [2.75, 3.05) is 26.2 Å². The summed E-state index contributed by atoms with van der Waals surface area (Å²) in [5.41, 5.74) is 0. The normalized spacial score (nSPS) is 22.1. The van der Waals surface area contributed by atoms with Gasteiger partial charge in [-0.3, -0.25) is 0 Å². The third-order valence-corrected chi connectivity index (χ3v) is 2.59. The quantitative estimate of drug-likeness (QED) is 0.708. The number of rotatable bonds is 3. The van der Waals surface area contributed by atoms with E-state index in [0.717, 1.165) is 32.4 Å². The molecule has 14 heavy (non-hydrogen) atoms. The van der Waals surface area contributed by atoms with Gasteiger partial charge in [-0.15, -0.1) is 0 Å². The van der Waals surface area contributed by atoms with Gasteiger partial charge < -0.3 is 15.3 Å². The molecule has 1 unspecified atom stereocenters. The Balaban J connectivity index is 2.31. The van der Waals surface area contributed by atoms with Crippen molar-refractivity contribution in [1.29, 1.82) is 0 Å². The SMILES string of the molecule is CCCNC(=O)N1CCCC(CO)C1. The first-order chi connectivity index (χ1) is 6.77. The maximum atomic E-state index is 11.6. The summed E-state index contributed by atoms with van der Waals surface area (Å²) in [5, 5.41) is 11.9. The summed E-state index contributed by atoms with van der Waals surface area (Å²) in [4.78, 5) is 13.4. The molecule has 1 aliphatic rings. The molecule has 2 amide bonds. The zero-order chi connectivity index (χ0) is 10.4. The van der Waals surface area contributed by atoms with Crippen LogP contribution in [-0.4, -0.2) is 42.3 Å². The Labute approximate surface area is 85.3 Å². The van der Waals surface area contributed by atoms with Crippen molar-refractivity contribution >= 4 is 6.03 Å². The van der Waals surface area contributed by atoms with Gasteiger partial charge in [-0.1, -0.05) is 6.92 Å². The number of piperidine rings is 1. The first-order valence-electron chi connectivity index (χ1n) is 5.41. The van der Waals surface area contributed by atoms with E-state index in [-0.39, 0.29) is 18.6 Å². The first-order valence-corrected chi connectivity index (χ1v) is 5.41. The topological polar surface area (TPSA) is 52.6 Å². The number of nitrogens with one attached hydrogen (secondary N) is 1. The second-order valence-corrected chi connectivity index (χ2v) is 3.87. The zero-order valence-corrected chi connectivity index (χ0v) is 8.83. The van der Waals surface area contributed by atoms with E-state index in [9.17, 15) is 4.79 Å². The number of hydrogen-bond donors (Lipinski definition) is 2. The number of aliphatic hydroxyl groups excluding tert-OH is 1. The summed E-state index contributed by atoms with van der Waals surface area (Å²) in [6.45, 7) is 4.49. The van der Waals surface area contributed by atoms with Gasteiger partial charge in [-0.2, -0.15) is 0 Å². The summed E-state index contributed by atoms with van der Waals surface area (Å²) in [6.07, 6.45) is 3.00. The Morgan fingerprint density at radius 2 is 2.43 bits per heavy atom. The summed E-state index contributed by atoms with van der Waals surface area (Å²) in [5.74, 6) is 0.274. The van der Waals surface area contributed by atoms with E-state index in [1.165, 1.54) is 0 Å². The largest absolute Gasteiger partial charge is 0.396 e. The van der Waals surface area contributed by atoms with Gasteiger partial charge in [0.2, 0.25) is 0 Å². The lowest BCUT2D eigenvalue weighted by atomic mass is 9.99. The Morgan fingerprint density at radius 1 is 1.64 bits per heavy atom. The molecule has 0 saturated carbocycles.